The lowest BCUT2D eigenvalue weighted by molar-refractivity contribution is -0.139. The van der Waals surface area contributed by atoms with E-state index in [1.165, 1.54) is 22.6 Å². The fourth-order valence-corrected chi connectivity index (χ4v) is 2.55. The van der Waals surface area contributed by atoms with E-state index in [2.05, 4.69) is 20.9 Å². The van der Waals surface area contributed by atoms with Gasteiger partial charge in [0.15, 0.2) is 0 Å². The molecule has 0 bridgehead atoms. The second kappa shape index (κ2) is 5.11. The van der Waals surface area contributed by atoms with Crippen LogP contribution in [0.2, 0.25) is 0 Å². The normalized spacial score (nSPS) is 12.2. The molecule has 0 N–H and O–H groups in total. The maximum atomic E-state index is 12.6. The molecule has 0 amide bonds. The summed E-state index contributed by atoms with van der Waals surface area (Å²) in [4.78, 5) is 3.34. The predicted molar refractivity (Wildman–Crippen MR) is 59.5 cm³/mol. The predicted octanol–water partition coefficient (Wildman–Crippen LogP) is 4.54. The van der Waals surface area contributed by atoms with E-state index >= 15 is 0 Å². The van der Waals surface area contributed by atoms with Crippen molar-refractivity contribution in [1.29, 1.82) is 0 Å². The minimum absolute atomic E-state index is 0.0889. The largest absolute Gasteiger partial charge is 0.417 e. The molecule has 0 spiro atoms. The van der Waals surface area contributed by atoms with Crippen molar-refractivity contribution < 1.29 is 22.0 Å². The molecule has 16 heavy (non-hydrogen) atoms. The van der Waals surface area contributed by atoms with Crippen LogP contribution in [0.5, 0.6) is 0 Å². The van der Waals surface area contributed by atoms with Crippen molar-refractivity contribution in [2.24, 2.45) is 0 Å². The summed E-state index contributed by atoms with van der Waals surface area (Å²) in [6, 6.07) is 0. The highest BCUT2D eigenvalue weighted by atomic mass is 127. The lowest BCUT2D eigenvalue weighted by atomic mass is 10.1. The molecule has 0 aliphatic carbocycles. The third-order valence-corrected chi connectivity index (χ3v) is 3.46. The number of alkyl halides is 6. The molecule has 0 saturated carbocycles. The summed E-state index contributed by atoms with van der Waals surface area (Å²) < 4.78 is 62.2. The Labute approximate surface area is 110 Å². The summed E-state index contributed by atoms with van der Waals surface area (Å²) >= 11 is 4.11. The summed E-state index contributed by atoms with van der Waals surface area (Å²) in [5, 5.41) is -0.0889. The Morgan fingerprint density at radius 3 is 2.31 bits per heavy atom. The maximum absolute atomic E-state index is 12.6. The summed E-state index contributed by atoms with van der Waals surface area (Å²) in [6.07, 6.45) is -6.86. The summed E-state index contributed by atoms with van der Waals surface area (Å²) in [5.41, 5.74) is -2.03. The molecule has 1 aromatic heterocycles. The number of nitrogens with zero attached hydrogens (tertiary/aromatic N) is 1. The van der Waals surface area contributed by atoms with Gasteiger partial charge in [-0.15, -0.1) is 0 Å². The van der Waals surface area contributed by atoms with Gasteiger partial charge in [0.1, 0.15) is 5.69 Å². The zero-order valence-corrected chi connectivity index (χ0v) is 11.2. The van der Waals surface area contributed by atoms with E-state index in [1.807, 2.05) is 0 Å². The summed E-state index contributed by atoms with van der Waals surface area (Å²) in [6.45, 7) is 0. The van der Waals surface area contributed by atoms with Crippen LogP contribution >= 0.6 is 38.5 Å². The zero-order valence-electron chi connectivity index (χ0n) is 7.45. The first kappa shape index (κ1) is 14.1. The molecule has 0 aliphatic heterocycles. The van der Waals surface area contributed by atoms with E-state index < -0.39 is 27.4 Å². The Morgan fingerprint density at radius 2 is 1.94 bits per heavy atom. The third kappa shape index (κ3) is 2.82. The molecule has 0 aliphatic rings. The Hall–Kier alpha value is 0.01000. The van der Waals surface area contributed by atoms with Gasteiger partial charge in [-0.1, -0.05) is 15.9 Å². The van der Waals surface area contributed by atoms with Crippen molar-refractivity contribution in [2.75, 3.05) is 0 Å². The molecule has 0 saturated heterocycles. The Balaban J connectivity index is 3.47. The van der Waals surface area contributed by atoms with Crippen LogP contribution in [-0.4, -0.2) is 4.98 Å². The van der Waals surface area contributed by atoms with Gasteiger partial charge in [0.25, 0.3) is 6.43 Å². The first-order valence-electron chi connectivity index (χ1n) is 3.87. The van der Waals surface area contributed by atoms with Crippen LogP contribution < -0.4 is 0 Å². The molecule has 90 valence electrons. The first-order chi connectivity index (χ1) is 7.29. The first-order valence-corrected chi connectivity index (χ1v) is 6.07. The van der Waals surface area contributed by atoms with Gasteiger partial charge in [0.05, 0.1) is 9.13 Å². The highest BCUT2D eigenvalue weighted by Crippen LogP contribution is 2.38. The summed E-state index contributed by atoms with van der Waals surface area (Å²) in [7, 11) is 0. The van der Waals surface area contributed by atoms with Crippen molar-refractivity contribution in [1.82, 2.24) is 4.98 Å². The van der Waals surface area contributed by atoms with Crippen LogP contribution in [-0.2, 0) is 11.5 Å². The SMILES string of the molecule is FC(F)c1ncc(CBr)c(C(F)(F)F)c1I. The van der Waals surface area contributed by atoms with E-state index in [4.69, 9.17) is 0 Å². The number of rotatable bonds is 2. The second-order valence-corrected chi connectivity index (χ2v) is 4.43. The fourth-order valence-electron chi connectivity index (χ4n) is 1.10. The molecule has 8 heteroatoms. The third-order valence-electron chi connectivity index (χ3n) is 1.76. The van der Waals surface area contributed by atoms with Crippen LogP contribution in [0.15, 0.2) is 6.20 Å². The van der Waals surface area contributed by atoms with Crippen molar-refractivity contribution in [3.63, 3.8) is 0 Å². The Morgan fingerprint density at radius 1 is 1.38 bits per heavy atom. The van der Waals surface area contributed by atoms with E-state index in [0.29, 0.717) is 0 Å². The molecule has 0 atom stereocenters. The molecule has 0 fully saturated rings. The molecule has 0 radical (unpaired) electrons. The van der Waals surface area contributed by atoms with Crippen molar-refractivity contribution >= 4 is 38.5 Å². The van der Waals surface area contributed by atoms with Gasteiger partial charge in [-0.25, -0.2) is 8.78 Å². The smallest absolute Gasteiger partial charge is 0.254 e. The zero-order chi connectivity index (χ0) is 12.5. The van der Waals surface area contributed by atoms with E-state index in [9.17, 15) is 22.0 Å². The fraction of sp³-hybridized carbons (Fsp3) is 0.375. The van der Waals surface area contributed by atoms with Gasteiger partial charge >= 0.3 is 6.18 Å². The van der Waals surface area contributed by atoms with Crippen LogP contribution in [0.3, 0.4) is 0 Å². The molecule has 1 rings (SSSR count). The van der Waals surface area contributed by atoms with Gasteiger partial charge in [0, 0.05) is 11.5 Å². The minimum Gasteiger partial charge on any atom is -0.254 e. The highest BCUT2D eigenvalue weighted by molar-refractivity contribution is 14.1. The average molecular weight is 416 g/mol. The summed E-state index contributed by atoms with van der Waals surface area (Å²) in [5.74, 6) is 0. The lowest BCUT2D eigenvalue weighted by Gasteiger charge is -2.15. The number of hydrogen-bond acceptors (Lipinski definition) is 1. The van der Waals surface area contributed by atoms with Gasteiger partial charge in [0.2, 0.25) is 0 Å². The van der Waals surface area contributed by atoms with Crippen molar-refractivity contribution in [3.05, 3.63) is 26.6 Å². The number of halogens is 7. The number of aromatic nitrogens is 1. The topological polar surface area (TPSA) is 12.9 Å². The maximum Gasteiger partial charge on any atom is 0.417 e. The monoisotopic (exact) mass is 415 g/mol. The van der Waals surface area contributed by atoms with Crippen LogP contribution in [0.4, 0.5) is 22.0 Å². The van der Waals surface area contributed by atoms with Crippen molar-refractivity contribution in [3.8, 4) is 0 Å². The molecular weight excluding hydrogens is 412 g/mol. The molecule has 1 nitrogen and oxygen atoms in total. The van der Waals surface area contributed by atoms with E-state index in [0.717, 1.165) is 6.20 Å². The quantitative estimate of drug-likeness (QED) is 0.392. The number of hydrogen-bond donors (Lipinski definition) is 0. The average Bonchev–Trinajstić information content (AvgIpc) is 2.14. The highest BCUT2D eigenvalue weighted by Gasteiger charge is 2.37. The Bertz CT molecular complexity index is 393. The number of pyridine rings is 1. The van der Waals surface area contributed by atoms with Crippen molar-refractivity contribution in [2.45, 2.75) is 17.9 Å². The van der Waals surface area contributed by atoms with E-state index in [1.54, 1.807) is 0 Å². The van der Waals surface area contributed by atoms with Gasteiger partial charge in [-0.3, -0.25) is 4.98 Å². The van der Waals surface area contributed by atoms with Gasteiger partial charge < -0.3 is 0 Å². The molecule has 0 unspecified atom stereocenters. The van der Waals surface area contributed by atoms with Gasteiger partial charge in [-0.05, 0) is 28.2 Å². The second-order valence-electron chi connectivity index (χ2n) is 2.79. The van der Waals surface area contributed by atoms with Crippen LogP contribution in [0.25, 0.3) is 0 Å². The van der Waals surface area contributed by atoms with Gasteiger partial charge in [-0.2, -0.15) is 13.2 Å². The standard InChI is InChI=1S/C8H4BrF5IN/c9-1-3-2-16-6(7(10)11)5(15)4(3)8(12,13)14/h2,7H,1H2. The van der Waals surface area contributed by atoms with E-state index in [-0.39, 0.29) is 10.9 Å². The molecule has 1 heterocycles. The molecule has 1 aromatic rings. The molecular formula is C8H4BrF5IN. The minimum atomic E-state index is -4.66. The molecule has 0 aromatic carbocycles. The van der Waals surface area contributed by atoms with Crippen LogP contribution in [0, 0.1) is 3.57 Å². The lowest BCUT2D eigenvalue weighted by Crippen LogP contribution is -2.14. The van der Waals surface area contributed by atoms with Crippen LogP contribution in [0.1, 0.15) is 23.2 Å². The Kier molecular flexibility index (Phi) is 4.49.